The average molecular weight is 314 g/mol. The summed E-state index contributed by atoms with van der Waals surface area (Å²) in [5.41, 5.74) is 6.20. The van der Waals surface area contributed by atoms with E-state index in [2.05, 4.69) is 0 Å². The molecule has 0 aliphatic rings. The Bertz CT molecular complexity index is 732. The number of hydrogen-bond acceptors (Lipinski definition) is 2. The zero-order valence-electron chi connectivity index (χ0n) is 12.4. The van der Waals surface area contributed by atoms with Crippen molar-refractivity contribution in [3.63, 3.8) is 0 Å². The summed E-state index contributed by atoms with van der Waals surface area (Å²) in [7, 11) is 0. The van der Waals surface area contributed by atoms with Gasteiger partial charge in [0.25, 0.3) is 0 Å². The molecule has 1 heterocycles. The second-order valence-electron chi connectivity index (χ2n) is 5.51. The van der Waals surface area contributed by atoms with Crippen LogP contribution < -0.4 is 5.73 Å². The lowest BCUT2D eigenvalue weighted by molar-refractivity contribution is -0.139. The predicted molar refractivity (Wildman–Crippen MR) is 76.6 cm³/mol. The molecule has 0 amide bonds. The fraction of sp³-hybridized carbons (Fsp3) is 0.400. The summed E-state index contributed by atoms with van der Waals surface area (Å²) >= 11 is 0. The second-order valence-corrected chi connectivity index (χ2v) is 5.51. The van der Waals surface area contributed by atoms with Crippen molar-refractivity contribution in [2.45, 2.75) is 39.0 Å². The largest absolute Gasteiger partial charge is 0.480 e. The number of carbonyl (C=O) groups is 1. The molecule has 22 heavy (non-hydrogen) atoms. The topological polar surface area (TPSA) is 68.2 Å². The predicted octanol–water partition coefficient (Wildman–Crippen LogP) is 3.63. The Morgan fingerprint density at radius 1 is 1.32 bits per heavy atom. The number of benzene rings is 1. The first-order valence-electron chi connectivity index (χ1n) is 6.75. The maximum Gasteiger partial charge on any atom is 0.416 e. The van der Waals surface area contributed by atoms with Crippen molar-refractivity contribution >= 4 is 16.9 Å². The Balaban J connectivity index is 2.86. The smallest absolute Gasteiger partial charge is 0.416 e. The minimum atomic E-state index is -4.49. The molecule has 0 saturated carbocycles. The Labute approximate surface area is 125 Å². The van der Waals surface area contributed by atoms with E-state index in [-0.39, 0.29) is 17.0 Å². The number of carboxylic acid groups (broad SMARTS) is 1. The Morgan fingerprint density at radius 2 is 1.91 bits per heavy atom. The lowest BCUT2D eigenvalue weighted by Crippen LogP contribution is -2.21. The molecular weight excluding hydrogens is 297 g/mol. The molecular formula is C15H17F3N2O2. The molecule has 1 unspecified atom stereocenters. The Kier molecular flexibility index (Phi) is 3.95. The summed E-state index contributed by atoms with van der Waals surface area (Å²) in [6, 6.07) is 1.93. The van der Waals surface area contributed by atoms with E-state index in [9.17, 15) is 18.0 Å². The molecule has 2 rings (SSSR count). The summed E-state index contributed by atoms with van der Waals surface area (Å²) < 4.78 is 40.6. The van der Waals surface area contributed by atoms with E-state index in [0.29, 0.717) is 11.2 Å². The summed E-state index contributed by atoms with van der Waals surface area (Å²) in [5.74, 6) is -1.27. The van der Waals surface area contributed by atoms with Crippen LogP contribution >= 0.6 is 0 Å². The SMILES string of the molecule is Cc1c(C(N)C(=O)O)c2cc(C(F)(F)F)ccc2n1C(C)C. The minimum absolute atomic E-state index is 0.0334. The Hall–Kier alpha value is -2.02. The molecule has 1 aromatic heterocycles. The van der Waals surface area contributed by atoms with Crippen molar-refractivity contribution in [1.82, 2.24) is 4.57 Å². The number of fused-ring (bicyclic) bond motifs is 1. The second kappa shape index (κ2) is 5.31. The van der Waals surface area contributed by atoms with E-state index < -0.39 is 23.8 Å². The number of rotatable bonds is 3. The third-order valence-corrected chi connectivity index (χ3v) is 3.72. The fourth-order valence-electron chi connectivity index (χ4n) is 2.83. The molecule has 0 bridgehead atoms. The maximum atomic E-state index is 12.9. The van der Waals surface area contributed by atoms with Crippen molar-refractivity contribution in [2.75, 3.05) is 0 Å². The first-order chi connectivity index (χ1) is 10.1. The van der Waals surface area contributed by atoms with Crippen LogP contribution in [0.15, 0.2) is 18.2 Å². The molecule has 0 radical (unpaired) electrons. The van der Waals surface area contributed by atoms with Crippen LogP contribution in [0.5, 0.6) is 0 Å². The van der Waals surface area contributed by atoms with Gasteiger partial charge < -0.3 is 15.4 Å². The first kappa shape index (κ1) is 16.4. The molecule has 0 saturated heterocycles. The van der Waals surface area contributed by atoms with Crippen molar-refractivity contribution in [2.24, 2.45) is 5.73 Å². The number of aromatic nitrogens is 1. The van der Waals surface area contributed by atoms with E-state index >= 15 is 0 Å². The van der Waals surface area contributed by atoms with E-state index in [4.69, 9.17) is 10.8 Å². The molecule has 4 nitrogen and oxygen atoms in total. The molecule has 2 aromatic rings. The van der Waals surface area contributed by atoms with Crippen molar-refractivity contribution in [3.05, 3.63) is 35.0 Å². The van der Waals surface area contributed by atoms with Crippen LogP contribution in [0.25, 0.3) is 10.9 Å². The molecule has 0 aliphatic heterocycles. The van der Waals surface area contributed by atoms with Gasteiger partial charge in [0.1, 0.15) is 6.04 Å². The number of carboxylic acids is 1. The van der Waals surface area contributed by atoms with E-state index in [1.807, 2.05) is 13.8 Å². The highest BCUT2D eigenvalue weighted by Gasteiger charge is 2.32. The lowest BCUT2D eigenvalue weighted by atomic mass is 10.0. The van der Waals surface area contributed by atoms with Gasteiger partial charge in [0.15, 0.2) is 0 Å². The average Bonchev–Trinajstić information content (AvgIpc) is 2.67. The zero-order chi connectivity index (χ0) is 16.8. The Morgan fingerprint density at radius 3 is 2.36 bits per heavy atom. The molecule has 0 spiro atoms. The third-order valence-electron chi connectivity index (χ3n) is 3.72. The molecule has 120 valence electrons. The van der Waals surface area contributed by atoms with Gasteiger partial charge in [0.05, 0.1) is 5.56 Å². The number of nitrogens with zero attached hydrogens (tertiary/aromatic N) is 1. The maximum absolute atomic E-state index is 12.9. The monoisotopic (exact) mass is 314 g/mol. The van der Waals surface area contributed by atoms with Gasteiger partial charge in [0, 0.05) is 28.2 Å². The lowest BCUT2D eigenvalue weighted by Gasteiger charge is -2.13. The van der Waals surface area contributed by atoms with Gasteiger partial charge in [-0.2, -0.15) is 13.2 Å². The zero-order valence-corrected chi connectivity index (χ0v) is 12.4. The van der Waals surface area contributed by atoms with Crippen molar-refractivity contribution in [1.29, 1.82) is 0 Å². The van der Waals surface area contributed by atoms with E-state index in [1.54, 1.807) is 11.5 Å². The van der Waals surface area contributed by atoms with Gasteiger partial charge in [-0.1, -0.05) is 0 Å². The summed E-state index contributed by atoms with van der Waals surface area (Å²) in [5, 5.41) is 9.37. The van der Waals surface area contributed by atoms with Crippen LogP contribution in [0.2, 0.25) is 0 Å². The number of nitrogens with two attached hydrogens (primary N) is 1. The quantitative estimate of drug-likeness (QED) is 0.909. The van der Waals surface area contributed by atoms with Crippen LogP contribution in [-0.2, 0) is 11.0 Å². The molecule has 0 aliphatic carbocycles. The highest BCUT2D eigenvalue weighted by Crippen LogP contribution is 2.37. The van der Waals surface area contributed by atoms with Gasteiger partial charge in [0.2, 0.25) is 0 Å². The normalized spacial score (nSPS) is 13.8. The molecule has 7 heteroatoms. The van der Waals surface area contributed by atoms with Gasteiger partial charge >= 0.3 is 12.1 Å². The number of hydrogen-bond donors (Lipinski definition) is 2. The van der Waals surface area contributed by atoms with Crippen LogP contribution in [0.4, 0.5) is 13.2 Å². The minimum Gasteiger partial charge on any atom is -0.480 e. The summed E-state index contributed by atoms with van der Waals surface area (Å²) in [6.45, 7) is 5.42. The van der Waals surface area contributed by atoms with Gasteiger partial charge in [-0.05, 0) is 39.0 Å². The number of aliphatic carboxylic acids is 1. The van der Waals surface area contributed by atoms with Gasteiger partial charge in [-0.25, -0.2) is 0 Å². The molecule has 1 atom stereocenters. The number of alkyl halides is 3. The van der Waals surface area contributed by atoms with Gasteiger partial charge in [-0.3, -0.25) is 4.79 Å². The van der Waals surface area contributed by atoms with Crippen LogP contribution in [0.3, 0.4) is 0 Å². The van der Waals surface area contributed by atoms with Crippen molar-refractivity contribution < 1.29 is 23.1 Å². The third kappa shape index (κ3) is 2.56. The van der Waals surface area contributed by atoms with Crippen molar-refractivity contribution in [3.8, 4) is 0 Å². The highest BCUT2D eigenvalue weighted by molar-refractivity contribution is 5.91. The molecule has 1 aromatic carbocycles. The fourth-order valence-corrected chi connectivity index (χ4v) is 2.83. The van der Waals surface area contributed by atoms with Crippen LogP contribution in [0.1, 0.15) is 42.8 Å². The van der Waals surface area contributed by atoms with Crippen LogP contribution in [-0.4, -0.2) is 15.6 Å². The number of halogens is 3. The summed E-state index contributed by atoms with van der Waals surface area (Å²) in [6.07, 6.45) is -4.49. The van der Waals surface area contributed by atoms with E-state index in [1.165, 1.54) is 6.07 Å². The first-order valence-corrected chi connectivity index (χ1v) is 6.75. The standard InChI is InChI=1S/C15H17F3N2O2/c1-7(2)20-8(3)12(13(19)14(21)22)10-6-9(15(16,17)18)4-5-11(10)20/h4-7,13H,19H2,1-3H3,(H,21,22). The highest BCUT2D eigenvalue weighted by atomic mass is 19.4. The molecule has 3 N–H and O–H groups in total. The van der Waals surface area contributed by atoms with Gasteiger partial charge in [-0.15, -0.1) is 0 Å². The van der Waals surface area contributed by atoms with Crippen LogP contribution in [0, 0.1) is 6.92 Å². The molecule has 0 fully saturated rings. The summed E-state index contributed by atoms with van der Waals surface area (Å²) in [4.78, 5) is 11.2. The van der Waals surface area contributed by atoms with E-state index in [0.717, 1.165) is 12.1 Å².